The van der Waals surface area contributed by atoms with Crippen LogP contribution in [0.3, 0.4) is 0 Å². The Balaban J connectivity index is 2.17. The average molecular weight is 348 g/mol. The summed E-state index contributed by atoms with van der Waals surface area (Å²) in [5.41, 5.74) is 6.48. The molecule has 1 amide bonds. The Morgan fingerprint density at radius 3 is 2.61 bits per heavy atom. The molecule has 9 heteroatoms. The van der Waals surface area contributed by atoms with Crippen LogP contribution in [0.4, 0.5) is 5.69 Å². The van der Waals surface area contributed by atoms with E-state index < -0.39 is 15.9 Å². The number of hydrogen-bond acceptors (Lipinski definition) is 6. The number of primary amides is 1. The molecule has 0 saturated heterocycles. The Hall–Kier alpha value is -2.52. The number of hydrogen-bond donors (Lipinski definition) is 1. The van der Waals surface area contributed by atoms with Crippen molar-refractivity contribution in [1.29, 1.82) is 0 Å². The summed E-state index contributed by atoms with van der Waals surface area (Å²) in [6, 6.07) is 11.0. The van der Waals surface area contributed by atoms with Crippen molar-refractivity contribution in [2.45, 2.75) is 4.90 Å². The fourth-order valence-electron chi connectivity index (χ4n) is 2.22. The van der Waals surface area contributed by atoms with Gasteiger partial charge in [0.1, 0.15) is 15.9 Å². The van der Waals surface area contributed by atoms with Crippen molar-refractivity contribution in [3.05, 3.63) is 48.0 Å². The highest BCUT2D eigenvalue weighted by Gasteiger charge is 2.27. The minimum absolute atomic E-state index is 0.0329. The van der Waals surface area contributed by atoms with Gasteiger partial charge in [-0.2, -0.15) is 8.75 Å². The number of nitrogens with two attached hydrogens (primary N) is 1. The van der Waals surface area contributed by atoms with E-state index in [2.05, 4.69) is 8.75 Å². The van der Waals surface area contributed by atoms with E-state index in [1.54, 1.807) is 24.3 Å². The molecule has 1 heterocycles. The Morgan fingerprint density at radius 2 is 1.87 bits per heavy atom. The molecule has 118 valence electrons. The van der Waals surface area contributed by atoms with Gasteiger partial charge in [-0.3, -0.25) is 9.10 Å². The number of anilines is 1. The van der Waals surface area contributed by atoms with Crippen molar-refractivity contribution >= 4 is 44.4 Å². The summed E-state index contributed by atoms with van der Waals surface area (Å²) in [4.78, 5) is 11.6. The van der Waals surface area contributed by atoms with Crippen molar-refractivity contribution in [2.24, 2.45) is 5.73 Å². The summed E-state index contributed by atoms with van der Waals surface area (Å²) in [6.07, 6.45) is 0. The molecule has 0 aliphatic rings. The van der Waals surface area contributed by atoms with Crippen LogP contribution in [-0.4, -0.2) is 30.1 Å². The zero-order valence-electron chi connectivity index (χ0n) is 12.0. The monoisotopic (exact) mass is 348 g/mol. The molecular formula is C14H12N4O3S2. The summed E-state index contributed by atoms with van der Waals surface area (Å²) in [5.74, 6) is -0.698. The number of amides is 1. The van der Waals surface area contributed by atoms with E-state index in [4.69, 9.17) is 5.73 Å². The molecular weight excluding hydrogens is 336 g/mol. The van der Waals surface area contributed by atoms with Crippen molar-refractivity contribution in [1.82, 2.24) is 8.75 Å². The Kier molecular flexibility index (Phi) is 3.74. The lowest BCUT2D eigenvalue weighted by molar-refractivity contribution is 0.100. The summed E-state index contributed by atoms with van der Waals surface area (Å²) in [6.45, 7) is 0. The van der Waals surface area contributed by atoms with Gasteiger partial charge in [0.15, 0.2) is 0 Å². The zero-order valence-corrected chi connectivity index (χ0v) is 13.6. The molecule has 0 saturated carbocycles. The highest BCUT2D eigenvalue weighted by atomic mass is 32.2. The second-order valence-electron chi connectivity index (χ2n) is 4.74. The second kappa shape index (κ2) is 5.60. The lowest BCUT2D eigenvalue weighted by Crippen LogP contribution is -2.29. The van der Waals surface area contributed by atoms with E-state index in [9.17, 15) is 13.2 Å². The van der Waals surface area contributed by atoms with Crippen LogP contribution in [0.1, 0.15) is 10.4 Å². The maximum Gasteiger partial charge on any atom is 0.266 e. The van der Waals surface area contributed by atoms with Gasteiger partial charge in [-0.05, 0) is 24.3 Å². The molecule has 0 radical (unpaired) electrons. The quantitative estimate of drug-likeness (QED) is 0.771. The van der Waals surface area contributed by atoms with Crippen molar-refractivity contribution in [2.75, 3.05) is 11.4 Å². The van der Waals surface area contributed by atoms with Gasteiger partial charge in [0.25, 0.3) is 15.9 Å². The van der Waals surface area contributed by atoms with Gasteiger partial charge in [-0.1, -0.05) is 18.2 Å². The second-order valence-corrected chi connectivity index (χ2v) is 7.21. The number of benzene rings is 2. The van der Waals surface area contributed by atoms with E-state index in [-0.39, 0.29) is 16.1 Å². The summed E-state index contributed by atoms with van der Waals surface area (Å²) in [5, 5.41) is 0. The van der Waals surface area contributed by atoms with Gasteiger partial charge in [0.2, 0.25) is 0 Å². The molecule has 2 N–H and O–H groups in total. The third-order valence-electron chi connectivity index (χ3n) is 3.40. The topological polar surface area (TPSA) is 106 Å². The van der Waals surface area contributed by atoms with Crippen molar-refractivity contribution in [3.8, 4) is 0 Å². The van der Waals surface area contributed by atoms with Crippen LogP contribution in [0.15, 0.2) is 47.4 Å². The van der Waals surface area contributed by atoms with Gasteiger partial charge in [0, 0.05) is 7.05 Å². The Bertz CT molecular complexity index is 998. The smallest absolute Gasteiger partial charge is 0.266 e. The SMILES string of the molecule is CN(c1ccccc1C(N)=O)S(=O)(=O)c1cccc2nsnc12. The maximum atomic E-state index is 12.9. The highest BCUT2D eigenvalue weighted by molar-refractivity contribution is 7.93. The third-order valence-corrected chi connectivity index (χ3v) is 5.74. The number of para-hydroxylation sites is 1. The summed E-state index contributed by atoms with van der Waals surface area (Å²) >= 11 is 0.942. The largest absolute Gasteiger partial charge is 0.366 e. The Labute approximate surface area is 136 Å². The molecule has 0 aliphatic carbocycles. The molecule has 0 aliphatic heterocycles. The minimum atomic E-state index is -3.91. The lowest BCUT2D eigenvalue weighted by atomic mass is 10.2. The van der Waals surface area contributed by atoms with Crippen LogP contribution in [0.25, 0.3) is 11.0 Å². The van der Waals surface area contributed by atoms with E-state index >= 15 is 0 Å². The predicted octanol–water partition coefficient (Wildman–Crippen LogP) is 1.62. The predicted molar refractivity (Wildman–Crippen MR) is 88.0 cm³/mol. The first kappa shape index (κ1) is 15.4. The maximum absolute atomic E-state index is 12.9. The molecule has 2 aromatic carbocycles. The van der Waals surface area contributed by atoms with Crippen molar-refractivity contribution in [3.63, 3.8) is 0 Å². The molecule has 3 aromatic rings. The fraction of sp³-hybridized carbons (Fsp3) is 0.0714. The molecule has 1 aromatic heterocycles. The van der Waals surface area contributed by atoms with Gasteiger partial charge in [-0.15, -0.1) is 0 Å². The molecule has 0 spiro atoms. The normalized spacial score (nSPS) is 11.5. The van der Waals surface area contributed by atoms with E-state index in [1.165, 1.54) is 25.2 Å². The van der Waals surface area contributed by atoms with Gasteiger partial charge in [0.05, 0.1) is 23.0 Å². The molecule has 7 nitrogen and oxygen atoms in total. The number of aromatic nitrogens is 2. The number of carbonyl (C=O) groups is 1. The number of fused-ring (bicyclic) bond motifs is 1. The molecule has 0 unspecified atom stereocenters. The van der Waals surface area contributed by atoms with Gasteiger partial charge in [-0.25, -0.2) is 8.42 Å². The number of carbonyl (C=O) groups excluding carboxylic acids is 1. The first-order valence-corrected chi connectivity index (χ1v) is 8.69. The number of rotatable bonds is 4. The van der Waals surface area contributed by atoms with Crippen LogP contribution < -0.4 is 10.0 Å². The summed E-state index contributed by atoms with van der Waals surface area (Å²) in [7, 11) is -2.54. The molecule has 0 fully saturated rings. The molecule has 3 rings (SSSR count). The standard InChI is InChI=1S/C14H12N4O3S2/c1-18(11-7-3-2-5-9(11)14(15)19)23(20,21)12-8-4-6-10-13(12)17-22-16-10/h2-8H,1H3,(H2,15,19). The van der Waals surface area contributed by atoms with E-state index in [0.29, 0.717) is 11.0 Å². The van der Waals surface area contributed by atoms with E-state index in [1.807, 2.05) is 0 Å². The van der Waals surface area contributed by atoms with Gasteiger partial charge < -0.3 is 5.73 Å². The molecule has 0 atom stereocenters. The van der Waals surface area contributed by atoms with Crippen LogP contribution in [-0.2, 0) is 10.0 Å². The van der Waals surface area contributed by atoms with Crippen molar-refractivity contribution < 1.29 is 13.2 Å². The van der Waals surface area contributed by atoms with E-state index in [0.717, 1.165) is 16.0 Å². The number of nitrogens with zero attached hydrogens (tertiary/aromatic N) is 3. The van der Waals surface area contributed by atoms with Crippen LogP contribution >= 0.6 is 11.7 Å². The fourth-order valence-corrected chi connectivity index (χ4v) is 4.19. The Morgan fingerprint density at radius 1 is 1.13 bits per heavy atom. The average Bonchev–Trinajstić information content (AvgIpc) is 3.02. The summed E-state index contributed by atoms with van der Waals surface area (Å²) < 4.78 is 35.0. The number of sulfonamides is 1. The third kappa shape index (κ3) is 2.53. The van der Waals surface area contributed by atoms with Crippen LogP contribution in [0.2, 0.25) is 0 Å². The minimum Gasteiger partial charge on any atom is -0.366 e. The first-order chi connectivity index (χ1) is 10.9. The zero-order chi connectivity index (χ0) is 16.6. The van der Waals surface area contributed by atoms with Crippen LogP contribution in [0.5, 0.6) is 0 Å². The van der Waals surface area contributed by atoms with Gasteiger partial charge >= 0.3 is 0 Å². The first-order valence-electron chi connectivity index (χ1n) is 6.52. The molecule has 0 bridgehead atoms. The highest BCUT2D eigenvalue weighted by Crippen LogP contribution is 2.28. The lowest BCUT2D eigenvalue weighted by Gasteiger charge is -2.21. The molecule has 23 heavy (non-hydrogen) atoms. The van der Waals surface area contributed by atoms with Crippen LogP contribution in [0, 0.1) is 0 Å².